The summed E-state index contributed by atoms with van der Waals surface area (Å²) in [4.78, 5) is 2.19. The van der Waals surface area contributed by atoms with Crippen LogP contribution >= 0.6 is 0 Å². The molecule has 2 unspecified atom stereocenters. The van der Waals surface area contributed by atoms with Crippen LogP contribution in [0.2, 0.25) is 0 Å². The summed E-state index contributed by atoms with van der Waals surface area (Å²) in [6.45, 7) is 2.35. The second kappa shape index (κ2) is 5.68. The molecule has 3 nitrogen and oxygen atoms in total. The van der Waals surface area contributed by atoms with Gasteiger partial charge in [-0.15, -0.1) is 0 Å². The third-order valence-electron chi connectivity index (χ3n) is 4.53. The monoisotopic (exact) mass is 240 g/mol. The van der Waals surface area contributed by atoms with Gasteiger partial charge in [0.25, 0.3) is 0 Å². The first kappa shape index (κ1) is 13.3. The van der Waals surface area contributed by atoms with Crippen LogP contribution in [0.1, 0.15) is 38.5 Å². The lowest BCUT2D eigenvalue weighted by Gasteiger charge is -2.41. The van der Waals surface area contributed by atoms with Gasteiger partial charge in [0.1, 0.15) is 0 Å². The predicted octanol–water partition coefficient (Wildman–Crippen LogP) is 1.47. The molecule has 3 heteroatoms. The average molecular weight is 240 g/mol. The minimum atomic E-state index is 0.0293. The molecule has 0 aliphatic heterocycles. The maximum absolute atomic E-state index is 9.75. The smallest absolute Gasteiger partial charge is 0.0613 e. The van der Waals surface area contributed by atoms with Gasteiger partial charge >= 0.3 is 0 Å². The van der Waals surface area contributed by atoms with Gasteiger partial charge in [-0.05, 0) is 51.6 Å². The molecule has 0 heterocycles. The predicted molar refractivity (Wildman–Crippen MR) is 71.1 cm³/mol. The van der Waals surface area contributed by atoms with Gasteiger partial charge in [0.2, 0.25) is 0 Å². The second-order valence-corrected chi connectivity index (χ2v) is 6.36. The van der Waals surface area contributed by atoms with Crippen molar-refractivity contribution in [3.05, 3.63) is 0 Å². The van der Waals surface area contributed by atoms with Gasteiger partial charge in [-0.3, -0.25) is 0 Å². The molecule has 0 spiro atoms. The number of nitrogens with one attached hydrogen (secondary N) is 1. The van der Waals surface area contributed by atoms with E-state index in [1.807, 2.05) is 0 Å². The number of rotatable bonds is 6. The minimum absolute atomic E-state index is 0.0293. The Bertz CT molecular complexity index is 240. The molecular weight excluding hydrogens is 212 g/mol. The zero-order valence-corrected chi connectivity index (χ0v) is 11.4. The molecule has 0 aromatic heterocycles. The standard InChI is InChI=1S/C14H28N2O/c1-16(2)9-8-15-14(11-17)7-3-4-13(10-14)12-5-6-12/h12-13,15,17H,3-11H2,1-2H3. The highest BCUT2D eigenvalue weighted by atomic mass is 16.3. The summed E-state index contributed by atoms with van der Waals surface area (Å²) < 4.78 is 0. The number of aliphatic hydroxyl groups is 1. The van der Waals surface area contributed by atoms with Gasteiger partial charge in [0.05, 0.1) is 6.61 Å². The molecule has 2 fully saturated rings. The van der Waals surface area contributed by atoms with E-state index in [4.69, 9.17) is 0 Å². The van der Waals surface area contributed by atoms with Crippen molar-refractivity contribution in [2.24, 2.45) is 11.8 Å². The zero-order valence-electron chi connectivity index (χ0n) is 11.4. The van der Waals surface area contributed by atoms with E-state index < -0.39 is 0 Å². The Labute approximate surface area is 106 Å². The maximum atomic E-state index is 9.75. The van der Waals surface area contributed by atoms with Crippen LogP contribution in [0.4, 0.5) is 0 Å². The van der Waals surface area contributed by atoms with Gasteiger partial charge in [0, 0.05) is 18.6 Å². The first-order valence-electron chi connectivity index (χ1n) is 7.16. The Balaban J connectivity index is 1.83. The van der Waals surface area contributed by atoms with Crippen molar-refractivity contribution < 1.29 is 5.11 Å². The first-order chi connectivity index (χ1) is 8.15. The highest BCUT2D eigenvalue weighted by Gasteiger charge is 2.41. The molecule has 0 amide bonds. The fraction of sp³-hybridized carbons (Fsp3) is 1.00. The molecule has 2 N–H and O–H groups in total. The van der Waals surface area contributed by atoms with Crippen molar-refractivity contribution >= 4 is 0 Å². The summed E-state index contributed by atoms with van der Waals surface area (Å²) in [5.74, 6) is 1.86. The van der Waals surface area contributed by atoms with Gasteiger partial charge < -0.3 is 15.3 Å². The van der Waals surface area contributed by atoms with E-state index in [-0.39, 0.29) is 5.54 Å². The molecule has 2 aliphatic rings. The molecule has 2 rings (SSSR count). The van der Waals surface area contributed by atoms with E-state index in [1.165, 1.54) is 32.1 Å². The van der Waals surface area contributed by atoms with E-state index >= 15 is 0 Å². The summed E-state index contributed by atoms with van der Waals surface area (Å²) in [6, 6.07) is 0. The average Bonchev–Trinajstić information content (AvgIpc) is 3.13. The summed E-state index contributed by atoms with van der Waals surface area (Å²) >= 11 is 0. The number of likely N-dealkylation sites (N-methyl/N-ethyl adjacent to an activating group) is 1. The van der Waals surface area contributed by atoms with Crippen LogP contribution in [0.3, 0.4) is 0 Å². The second-order valence-electron chi connectivity index (χ2n) is 6.36. The Kier molecular flexibility index (Phi) is 4.45. The lowest BCUT2D eigenvalue weighted by Crippen LogP contribution is -2.53. The summed E-state index contributed by atoms with van der Waals surface area (Å²) in [7, 11) is 4.20. The minimum Gasteiger partial charge on any atom is -0.394 e. The fourth-order valence-electron chi connectivity index (χ4n) is 3.28. The van der Waals surface area contributed by atoms with Crippen molar-refractivity contribution in [3.8, 4) is 0 Å². The van der Waals surface area contributed by atoms with E-state index in [9.17, 15) is 5.11 Å². The molecule has 2 saturated carbocycles. The van der Waals surface area contributed by atoms with Gasteiger partial charge in [0.15, 0.2) is 0 Å². The molecule has 0 radical (unpaired) electrons. The summed E-state index contributed by atoms with van der Waals surface area (Å²) in [5, 5.41) is 13.4. The number of nitrogens with zero attached hydrogens (tertiary/aromatic N) is 1. The maximum Gasteiger partial charge on any atom is 0.0613 e. The quantitative estimate of drug-likeness (QED) is 0.738. The van der Waals surface area contributed by atoms with Crippen molar-refractivity contribution in [2.45, 2.75) is 44.1 Å². The van der Waals surface area contributed by atoms with Crippen LogP contribution in [-0.2, 0) is 0 Å². The fourth-order valence-corrected chi connectivity index (χ4v) is 3.28. The molecule has 17 heavy (non-hydrogen) atoms. The highest BCUT2D eigenvalue weighted by molar-refractivity contribution is 4.97. The third-order valence-corrected chi connectivity index (χ3v) is 4.53. The van der Waals surface area contributed by atoms with Crippen LogP contribution in [0, 0.1) is 11.8 Å². The molecule has 2 atom stereocenters. The SMILES string of the molecule is CN(C)CCNC1(CO)CCCC(C2CC2)C1. The Hall–Kier alpha value is -0.120. The Morgan fingerprint density at radius 1 is 1.24 bits per heavy atom. The molecule has 0 bridgehead atoms. The van der Waals surface area contributed by atoms with E-state index in [1.54, 1.807) is 0 Å². The molecule has 0 saturated heterocycles. The number of hydrogen-bond donors (Lipinski definition) is 2. The first-order valence-corrected chi connectivity index (χ1v) is 7.16. The molecule has 0 aromatic rings. The molecule has 2 aliphatic carbocycles. The number of hydrogen-bond acceptors (Lipinski definition) is 3. The highest BCUT2D eigenvalue weighted by Crippen LogP contribution is 2.46. The zero-order chi connectivity index (χ0) is 12.3. The topological polar surface area (TPSA) is 35.5 Å². The summed E-state index contributed by atoms with van der Waals surface area (Å²) in [6.07, 6.45) is 7.90. The third kappa shape index (κ3) is 3.67. The van der Waals surface area contributed by atoms with Crippen molar-refractivity contribution in [3.63, 3.8) is 0 Å². The van der Waals surface area contributed by atoms with Crippen LogP contribution in [0.15, 0.2) is 0 Å². The van der Waals surface area contributed by atoms with Crippen molar-refractivity contribution in [1.29, 1.82) is 0 Å². The number of aliphatic hydroxyl groups excluding tert-OH is 1. The largest absolute Gasteiger partial charge is 0.394 e. The summed E-state index contributed by atoms with van der Waals surface area (Å²) in [5.41, 5.74) is 0.0293. The lowest BCUT2D eigenvalue weighted by molar-refractivity contribution is 0.0874. The van der Waals surface area contributed by atoms with Gasteiger partial charge in [-0.2, -0.15) is 0 Å². The van der Waals surface area contributed by atoms with E-state index in [0.29, 0.717) is 6.61 Å². The van der Waals surface area contributed by atoms with Gasteiger partial charge in [-0.25, -0.2) is 0 Å². The molecule has 0 aromatic carbocycles. The van der Waals surface area contributed by atoms with Crippen LogP contribution < -0.4 is 5.32 Å². The van der Waals surface area contributed by atoms with E-state index in [2.05, 4.69) is 24.3 Å². The van der Waals surface area contributed by atoms with E-state index in [0.717, 1.165) is 31.3 Å². The Morgan fingerprint density at radius 3 is 2.59 bits per heavy atom. The van der Waals surface area contributed by atoms with Gasteiger partial charge in [-0.1, -0.05) is 12.8 Å². The molecular formula is C14H28N2O. The van der Waals surface area contributed by atoms with Crippen molar-refractivity contribution in [1.82, 2.24) is 10.2 Å². The van der Waals surface area contributed by atoms with Crippen LogP contribution in [-0.4, -0.2) is 49.3 Å². The van der Waals surface area contributed by atoms with Crippen molar-refractivity contribution in [2.75, 3.05) is 33.8 Å². The normalized spacial score (nSPS) is 34.2. The molecule has 100 valence electrons. The van der Waals surface area contributed by atoms with Crippen LogP contribution in [0.5, 0.6) is 0 Å². The Morgan fingerprint density at radius 2 is 2.00 bits per heavy atom. The lowest BCUT2D eigenvalue weighted by atomic mass is 9.74. The van der Waals surface area contributed by atoms with Crippen LogP contribution in [0.25, 0.3) is 0 Å².